The van der Waals surface area contributed by atoms with Crippen molar-refractivity contribution in [2.75, 3.05) is 0 Å². The first-order valence-electron chi connectivity index (χ1n) is 7.09. The van der Waals surface area contributed by atoms with Crippen LogP contribution >= 0.6 is 0 Å². The molecule has 1 saturated heterocycles. The fraction of sp³-hybridized carbons (Fsp3) is 0.533. The zero-order valence-electron chi connectivity index (χ0n) is 13.3. The van der Waals surface area contributed by atoms with Gasteiger partial charge in [0.25, 0.3) is 0 Å². The van der Waals surface area contributed by atoms with Crippen molar-refractivity contribution >= 4 is 23.7 Å². The number of hydrogen-bond acceptors (Lipinski definition) is 4. The molecule has 0 aliphatic carbocycles. The maximum absolute atomic E-state index is 11.7. The molecule has 1 aliphatic rings. The van der Waals surface area contributed by atoms with Crippen LogP contribution in [0.3, 0.4) is 0 Å². The lowest BCUT2D eigenvalue weighted by atomic mass is 9.76. The number of oxazole rings is 1. The van der Waals surface area contributed by atoms with Crippen LogP contribution in [0.5, 0.6) is 0 Å². The molecular weight excluding hydrogens is 269 g/mol. The average molecular weight is 289 g/mol. The van der Waals surface area contributed by atoms with Gasteiger partial charge in [-0.1, -0.05) is 6.07 Å². The SMILES string of the molecule is Cc1c(B2OC(C)(C)C(C)(C)O2)ccc2c1oc(=O)n2C. The Morgan fingerprint density at radius 3 is 2.24 bits per heavy atom. The first-order valence-corrected chi connectivity index (χ1v) is 7.09. The van der Waals surface area contributed by atoms with Crippen LogP contribution in [-0.4, -0.2) is 22.9 Å². The molecule has 5 nitrogen and oxygen atoms in total. The van der Waals surface area contributed by atoms with Crippen molar-refractivity contribution in [1.29, 1.82) is 0 Å². The van der Waals surface area contributed by atoms with Crippen molar-refractivity contribution in [3.8, 4) is 0 Å². The van der Waals surface area contributed by atoms with Gasteiger partial charge in [0.1, 0.15) is 0 Å². The number of nitrogens with zero attached hydrogens (tertiary/aromatic N) is 1. The van der Waals surface area contributed by atoms with E-state index in [0.717, 1.165) is 16.5 Å². The Morgan fingerprint density at radius 2 is 1.67 bits per heavy atom. The molecule has 1 aliphatic heterocycles. The van der Waals surface area contributed by atoms with Crippen LogP contribution in [-0.2, 0) is 16.4 Å². The first kappa shape index (κ1) is 14.4. The van der Waals surface area contributed by atoms with Crippen LogP contribution < -0.4 is 11.2 Å². The van der Waals surface area contributed by atoms with Gasteiger partial charge in [-0.15, -0.1) is 0 Å². The summed E-state index contributed by atoms with van der Waals surface area (Å²) in [5, 5.41) is 0. The van der Waals surface area contributed by atoms with Gasteiger partial charge in [0.2, 0.25) is 0 Å². The molecule has 1 aromatic heterocycles. The maximum atomic E-state index is 11.7. The number of aromatic nitrogens is 1. The van der Waals surface area contributed by atoms with Crippen LogP contribution in [0.2, 0.25) is 0 Å². The topological polar surface area (TPSA) is 53.6 Å². The lowest BCUT2D eigenvalue weighted by Crippen LogP contribution is -2.41. The van der Waals surface area contributed by atoms with Crippen LogP contribution in [0.1, 0.15) is 33.3 Å². The molecule has 2 aromatic rings. The third kappa shape index (κ3) is 1.97. The maximum Gasteiger partial charge on any atom is 0.495 e. The highest BCUT2D eigenvalue weighted by Gasteiger charge is 2.52. The summed E-state index contributed by atoms with van der Waals surface area (Å²) >= 11 is 0. The van der Waals surface area contributed by atoms with E-state index < -0.39 is 18.3 Å². The second-order valence-electron chi connectivity index (χ2n) is 6.64. The first-order chi connectivity index (χ1) is 9.64. The van der Waals surface area contributed by atoms with E-state index >= 15 is 0 Å². The summed E-state index contributed by atoms with van der Waals surface area (Å²) in [6.45, 7) is 9.99. The molecule has 6 heteroatoms. The average Bonchev–Trinajstić information content (AvgIpc) is 2.76. The normalized spacial score (nSPS) is 20.4. The summed E-state index contributed by atoms with van der Waals surface area (Å²) < 4.78 is 19.0. The molecule has 1 aromatic carbocycles. The lowest BCUT2D eigenvalue weighted by Gasteiger charge is -2.32. The molecule has 0 saturated carbocycles. The molecule has 2 heterocycles. The molecule has 21 heavy (non-hydrogen) atoms. The van der Waals surface area contributed by atoms with Gasteiger partial charge >= 0.3 is 12.9 Å². The van der Waals surface area contributed by atoms with Crippen molar-refractivity contribution in [2.24, 2.45) is 7.05 Å². The fourth-order valence-electron chi connectivity index (χ4n) is 2.57. The van der Waals surface area contributed by atoms with E-state index in [4.69, 9.17) is 13.7 Å². The molecule has 0 spiro atoms. The predicted molar refractivity (Wildman–Crippen MR) is 81.9 cm³/mol. The Hall–Kier alpha value is -1.53. The molecule has 112 valence electrons. The van der Waals surface area contributed by atoms with Crippen molar-refractivity contribution in [2.45, 2.75) is 45.8 Å². The molecule has 3 rings (SSSR count). The Kier molecular flexibility index (Phi) is 2.91. The van der Waals surface area contributed by atoms with Gasteiger partial charge in [-0.3, -0.25) is 4.57 Å². The highest BCUT2D eigenvalue weighted by molar-refractivity contribution is 6.63. The summed E-state index contributed by atoms with van der Waals surface area (Å²) in [6, 6.07) is 3.81. The van der Waals surface area contributed by atoms with Gasteiger partial charge in [-0.25, -0.2) is 4.79 Å². The van der Waals surface area contributed by atoms with Crippen LogP contribution in [0.15, 0.2) is 21.3 Å². The lowest BCUT2D eigenvalue weighted by molar-refractivity contribution is 0.00578. The molecule has 1 fully saturated rings. The van der Waals surface area contributed by atoms with Gasteiger partial charge in [-0.2, -0.15) is 0 Å². The van der Waals surface area contributed by atoms with Gasteiger partial charge in [0.05, 0.1) is 16.7 Å². The van der Waals surface area contributed by atoms with E-state index in [1.54, 1.807) is 7.05 Å². The van der Waals surface area contributed by atoms with Crippen LogP contribution in [0.4, 0.5) is 0 Å². The predicted octanol–water partition coefficient (Wildman–Crippen LogP) is 1.74. The third-order valence-corrected chi connectivity index (χ3v) is 4.76. The molecule has 0 amide bonds. The van der Waals surface area contributed by atoms with Crippen LogP contribution in [0, 0.1) is 6.92 Å². The van der Waals surface area contributed by atoms with E-state index in [9.17, 15) is 4.79 Å². The van der Waals surface area contributed by atoms with E-state index in [0.29, 0.717) is 5.58 Å². The number of hydrogen-bond donors (Lipinski definition) is 0. The van der Waals surface area contributed by atoms with Gasteiger partial charge in [0, 0.05) is 7.05 Å². The zero-order valence-corrected chi connectivity index (χ0v) is 13.3. The largest absolute Gasteiger partial charge is 0.495 e. The van der Waals surface area contributed by atoms with E-state index in [1.165, 1.54) is 4.57 Å². The summed E-state index contributed by atoms with van der Waals surface area (Å²) in [7, 11) is 1.24. The fourth-order valence-corrected chi connectivity index (χ4v) is 2.57. The van der Waals surface area contributed by atoms with E-state index in [1.807, 2.05) is 46.8 Å². The number of benzene rings is 1. The Balaban J connectivity index is 2.11. The highest BCUT2D eigenvalue weighted by atomic mass is 16.7. The Labute approximate surface area is 124 Å². The molecule has 0 N–H and O–H groups in total. The minimum atomic E-state index is -0.454. The van der Waals surface area contributed by atoms with Crippen LogP contribution in [0.25, 0.3) is 11.1 Å². The summed E-state index contributed by atoms with van der Waals surface area (Å²) in [4.78, 5) is 11.7. The van der Waals surface area contributed by atoms with Crippen molar-refractivity contribution < 1.29 is 13.7 Å². The van der Waals surface area contributed by atoms with Crippen molar-refractivity contribution in [3.63, 3.8) is 0 Å². The smallest absolute Gasteiger partial charge is 0.407 e. The minimum Gasteiger partial charge on any atom is -0.407 e. The molecular formula is C15H20BNO4. The number of aryl methyl sites for hydroxylation is 2. The van der Waals surface area contributed by atoms with E-state index in [2.05, 4.69) is 0 Å². The molecule has 0 radical (unpaired) electrons. The number of rotatable bonds is 1. The summed E-state index contributed by atoms with van der Waals surface area (Å²) in [6.07, 6.45) is 0. The number of fused-ring (bicyclic) bond motifs is 1. The minimum absolute atomic E-state index is 0.362. The summed E-state index contributed by atoms with van der Waals surface area (Å²) in [5.74, 6) is -0.362. The summed E-state index contributed by atoms with van der Waals surface area (Å²) in [5.41, 5.74) is 2.36. The van der Waals surface area contributed by atoms with Crippen molar-refractivity contribution in [1.82, 2.24) is 4.57 Å². The zero-order chi connectivity index (χ0) is 15.6. The molecule has 0 unspecified atom stereocenters. The molecule has 0 atom stereocenters. The second-order valence-corrected chi connectivity index (χ2v) is 6.64. The van der Waals surface area contributed by atoms with Crippen molar-refractivity contribution in [3.05, 3.63) is 28.2 Å². The third-order valence-electron chi connectivity index (χ3n) is 4.76. The van der Waals surface area contributed by atoms with E-state index in [-0.39, 0.29) is 5.76 Å². The quantitative estimate of drug-likeness (QED) is 0.750. The van der Waals surface area contributed by atoms with Gasteiger partial charge < -0.3 is 13.7 Å². The van der Waals surface area contributed by atoms with Gasteiger partial charge in [-0.05, 0) is 51.7 Å². The Bertz CT molecular complexity index is 756. The second kappa shape index (κ2) is 4.24. The highest BCUT2D eigenvalue weighted by Crippen LogP contribution is 2.37. The monoisotopic (exact) mass is 289 g/mol. The standard InChI is InChI=1S/C15H20BNO4/c1-9-10(16-20-14(2,3)15(4,5)21-16)7-8-11-12(9)19-13(18)17(11)6/h7-8H,1-6H3. The Morgan fingerprint density at radius 1 is 1.10 bits per heavy atom. The molecule has 0 bridgehead atoms. The van der Waals surface area contributed by atoms with Gasteiger partial charge in [0.15, 0.2) is 5.58 Å².